The summed E-state index contributed by atoms with van der Waals surface area (Å²) in [4.78, 5) is 2.47. The molecule has 6 rings (SSSR count). The minimum atomic E-state index is -2.53. The zero-order chi connectivity index (χ0) is 24.8. The fourth-order valence-corrected chi connectivity index (χ4v) is 10.9. The van der Waals surface area contributed by atoms with Gasteiger partial charge in [-0.3, -0.25) is 0 Å². The number of fused-ring (bicyclic) bond motifs is 2. The van der Waals surface area contributed by atoms with Crippen molar-refractivity contribution in [2.24, 2.45) is 0 Å². The maximum absolute atomic E-state index is 2.53. The average Bonchev–Trinajstić information content (AvgIpc) is 2.92. The Morgan fingerprint density at radius 1 is 0.472 bits per heavy atom. The molecule has 1 aliphatic heterocycles. The number of para-hydroxylation sites is 2. The van der Waals surface area contributed by atoms with Gasteiger partial charge >= 0.3 is 0 Å². The molecule has 0 spiro atoms. The second-order valence-corrected chi connectivity index (χ2v) is 14.4. The van der Waals surface area contributed by atoms with Crippen LogP contribution < -0.4 is 25.6 Å². The van der Waals surface area contributed by atoms with Crippen LogP contribution in [0.5, 0.6) is 0 Å². The Labute approximate surface area is 215 Å². The van der Waals surface area contributed by atoms with Gasteiger partial charge in [-0.05, 0) is 56.0 Å². The Morgan fingerprint density at radius 3 is 1.33 bits per heavy atom. The van der Waals surface area contributed by atoms with Crippen molar-refractivity contribution in [3.63, 3.8) is 0 Å². The normalized spacial score (nSPS) is 14.1. The first kappa shape index (κ1) is 22.6. The van der Waals surface area contributed by atoms with Crippen molar-refractivity contribution in [2.75, 3.05) is 4.90 Å². The molecular weight excluding hydrogens is 450 g/mol. The highest BCUT2D eigenvalue weighted by molar-refractivity contribution is 7.21. The van der Waals surface area contributed by atoms with Gasteiger partial charge in [0.05, 0.1) is 0 Å². The van der Waals surface area contributed by atoms with Crippen LogP contribution in [0, 0.1) is 0 Å². The largest absolute Gasteiger partial charge is 0.311 e. The lowest BCUT2D eigenvalue weighted by atomic mass is 9.87. The molecule has 0 amide bonds. The third-order valence-corrected chi connectivity index (χ3v) is 12.4. The van der Waals surface area contributed by atoms with Gasteiger partial charge in [-0.2, -0.15) is 0 Å². The van der Waals surface area contributed by atoms with Crippen molar-refractivity contribution in [3.05, 3.63) is 139 Å². The van der Waals surface area contributed by atoms with Crippen molar-refractivity contribution >= 4 is 45.9 Å². The van der Waals surface area contributed by atoms with Crippen molar-refractivity contribution in [1.82, 2.24) is 0 Å². The lowest BCUT2D eigenvalue weighted by Crippen LogP contribution is -2.77. The Morgan fingerprint density at radius 2 is 0.889 bits per heavy atom. The number of rotatable bonds is 3. The summed E-state index contributed by atoms with van der Waals surface area (Å²) in [6, 6.07) is 49.6. The Kier molecular flexibility index (Phi) is 5.42. The van der Waals surface area contributed by atoms with Crippen LogP contribution in [0.3, 0.4) is 0 Å². The molecule has 1 heterocycles. The molecule has 0 radical (unpaired) electrons. The molecule has 0 aromatic heterocycles. The van der Waals surface area contributed by atoms with E-state index in [-0.39, 0.29) is 5.41 Å². The molecule has 0 saturated heterocycles. The number of hydrogen-bond acceptors (Lipinski definition) is 1. The molecule has 36 heavy (non-hydrogen) atoms. The molecule has 0 bridgehead atoms. The second-order valence-electron chi connectivity index (χ2n) is 10.6. The van der Waals surface area contributed by atoms with E-state index in [2.05, 4.69) is 159 Å². The molecule has 5 aromatic carbocycles. The molecule has 0 aliphatic carbocycles. The highest BCUT2D eigenvalue weighted by Crippen LogP contribution is 2.38. The van der Waals surface area contributed by atoms with E-state index in [1.54, 1.807) is 0 Å². The smallest absolute Gasteiger partial charge is 0.184 e. The van der Waals surface area contributed by atoms with E-state index in [0.717, 1.165) is 0 Å². The van der Waals surface area contributed by atoms with Crippen LogP contribution in [-0.4, -0.2) is 8.07 Å². The molecule has 0 unspecified atom stereocenters. The lowest BCUT2D eigenvalue weighted by molar-refractivity contribution is 0.590. The summed E-state index contributed by atoms with van der Waals surface area (Å²) in [7, 11) is -2.53. The zero-order valence-corrected chi connectivity index (χ0v) is 22.1. The van der Waals surface area contributed by atoms with Crippen LogP contribution in [0.15, 0.2) is 133 Å². The summed E-state index contributed by atoms with van der Waals surface area (Å²) in [5.74, 6) is 0. The number of benzene rings is 5. The van der Waals surface area contributed by atoms with Gasteiger partial charge in [0.15, 0.2) is 8.07 Å². The first-order chi connectivity index (χ1) is 17.5. The van der Waals surface area contributed by atoms with E-state index in [1.807, 2.05) is 0 Å². The van der Waals surface area contributed by atoms with Crippen LogP contribution >= 0.6 is 0 Å². The van der Waals surface area contributed by atoms with E-state index < -0.39 is 8.07 Å². The zero-order valence-electron chi connectivity index (χ0n) is 21.1. The van der Waals surface area contributed by atoms with Crippen LogP contribution in [0.2, 0.25) is 0 Å². The molecule has 2 heteroatoms. The average molecular weight is 482 g/mol. The molecule has 1 aliphatic rings. The van der Waals surface area contributed by atoms with Gasteiger partial charge in [0.2, 0.25) is 0 Å². The van der Waals surface area contributed by atoms with Crippen molar-refractivity contribution in [1.29, 1.82) is 0 Å². The maximum atomic E-state index is 2.47. The van der Waals surface area contributed by atoms with Gasteiger partial charge in [0, 0.05) is 17.1 Å². The Balaban J connectivity index is 1.68. The molecule has 176 valence electrons. The molecule has 0 fully saturated rings. The van der Waals surface area contributed by atoms with Gasteiger partial charge in [0.25, 0.3) is 0 Å². The summed E-state index contributed by atoms with van der Waals surface area (Å²) in [5.41, 5.74) is 5.23. The maximum Gasteiger partial charge on any atom is 0.184 e. The predicted molar refractivity (Wildman–Crippen MR) is 157 cm³/mol. The van der Waals surface area contributed by atoms with Crippen LogP contribution in [0.4, 0.5) is 17.1 Å². The van der Waals surface area contributed by atoms with Crippen LogP contribution in [-0.2, 0) is 5.41 Å². The van der Waals surface area contributed by atoms with Crippen molar-refractivity contribution in [2.45, 2.75) is 26.2 Å². The molecule has 5 aromatic rings. The predicted octanol–water partition coefficient (Wildman–Crippen LogP) is 6.14. The summed E-state index contributed by atoms with van der Waals surface area (Å²) < 4.78 is 0. The monoisotopic (exact) mass is 481 g/mol. The molecule has 0 N–H and O–H groups in total. The summed E-state index contributed by atoms with van der Waals surface area (Å²) in [6.07, 6.45) is 0. The first-order valence-electron chi connectivity index (χ1n) is 12.7. The minimum Gasteiger partial charge on any atom is -0.311 e. The van der Waals surface area contributed by atoms with Crippen LogP contribution in [0.1, 0.15) is 26.3 Å². The third-order valence-electron chi connectivity index (χ3n) is 7.50. The lowest BCUT2D eigenvalue weighted by Gasteiger charge is -2.45. The first-order valence-corrected chi connectivity index (χ1v) is 14.7. The van der Waals surface area contributed by atoms with Crippen molar-refractivity contribution < 1.29 is 0 Å². The number of anilines is 3. The highest BCUT2D eigenvalue weighted by Gasteiger charge is 2.48. The molecule has 1 nitrogen and oxygen atoms in total. The summed E-state index contributed by atoms with van der Waals surface area (Å²) in [6.45, 7) is 6.81. The number of hydrogen-bond donors (Lipinski definition) is 0. The van der Waals surface area contributed by atoms with Gasteiger partial charge in [-0.25, -0.2) is 0 Å². The molecular formula is C34H31NSi. The minimum absolute atomic E-state index is 0.124. The van der Waals surface area contributed by atoms with E-state index in [0.29, 0.717) is 0 Å². The molecule has 0 atom stereocenters. The quantitative estimate of drug-likeness (QED) is 0.274. The summed E-state index contributed by atoms with van der Waals surface area (Å²) in [5, 5.41) is 5.69. The van der Waals surface area contributed by atoms with Gasteiger partial charge in [-0.1, -0.05) is 130 Å². The highest BCUT2D eigenvalue weighted by atomic mass is 28.3. The van der Waals surface area contributed by atoms with Crippen molar-refractivity contribution in [3.8, 4) is 0 Å². The van der Waals surface area contributed by atoms with Gasteiger partial charge < -0.3 is 4.90 Å². The Hall–Kier alpha value is -3.88. The molecule has 0 saturated carbocycles. The fourth-order valence-electron chi connectivity index (χ4n) is 5.80. The van der Waals surface area contributed by atoms with Gasteiger partial charge in [0.1, 0.15) is 0 Å². The summed E-state index contributed by atoms with van der Waals surface area (Å²) >= 11 is 0. The van der Waals surface area contributed by atoms with E-state index >= 15 is 0 Å². The number of nitrogens with zero attached hydrogens (tertiary/aromatic N) is 1. The van der Waals surface area contributed by atoms with E-state index in [4.69, 9.17) is 0 Å². The van der Waals surface area contributed by atoms with Gasteiger partial charge in [-0.15, -0.1) is 0 Å². The van der Waals surface area contributed by atoms with E-state index in [1.165, 1.54) is 43.4 Å². The SMILES string of the molecule is CC(C)(C)c1ccc(N2c3ccccc3[Si](c3ccccc3)(c3ccccc3)c3ccccc32)cc1. The topological polar surface area (TPSA) is 3.24 Å². The standard InChI is InChI=1S/C34H31NSi/c1-34(2,3)26-22-24-27(25-23-26)35-30-18-10-12-20-32(30)36(28-14-6-4-7-15-28,29-16-8-5-9-17-29)33-21-13-11-19-31(33)35/h4-25H,1-3H3. The van der Waals surface area contributed by atoms with Crippen LogP contribution in [0.25, 0.3) is 0 Å². The third kappa shape index (κ3) is 3.44. The Bertz CT molecular complexity index is 1410. The second kappa shape index (κ2) is 8.65. The fraction of sp³-hybridized carbons (Fsp3) is 0.118. The van der Waals surface area contributed by atoms with E-state index in [9.17, 15) is 0 Å².